The lowest BCUT2D eigenvalue weighted by Crippen LogP contribution is -2.23. The monoisotopic (exact) mass is 345 g/mol. The Morgan fingerprint density at radius 1 is 1.12 bits per heavy atom. The van der Waals surface area contributed by atoms with Crippen LogP contribution < -0.4 is 19.5 Å². The Kier molecular flexibility index (Phi) is 7.10. The molecular formula is C19H23NO5. The van der Waals surface area contributed by atoms with Crippen molar-refractivity contribution in [3.8, 4) is 17.2 Å². The van der Waals surface area contributed by atoms with E-state index < -0.39 is 12.1 Å². The van der Waals surface area contributed by atoms with Gasteiger partial charge in [-0.2, -0.15) is 0 Å². The predicted octanol–water partition coefficient (Wildman–Crippen LogP) is 2.72. The molecule has 0 heterocycles. The molecule has 0 bridgehead atoms. The smallest absolute Gasteiger partial charge is 0.344 e. The molecule has 0 radical (unpaired) electrons. The van der Waals surface area contributed by atoms with Crippen molar-refractivity contribution in [3.05, 3.63) is 54.1 Å². The number of carboxylic acids is 1. The highest BCUT2D eigenvalue weighted by atomic mass is 16.5. The quantitative estimate of drug-likeness (QED) is 0.645. The Labute approximate surface area is 147 Å². The number of methoxy groups -OCH3 is 1. The zero-order valence-electron chi connectivity index (χ0n) is 14.4. The van der Waals surface area contributed by atoms with Crippen molar-refractivity contribution in [1.82, 2.24) is 5.32 Å². The third-order valence-electron chi connectivity index (χ3n) is 3.50. The van der Waals surface area contributed by atoms with Gasteiger partial charge in [-0.15, -0.1) is 0 Å². The molecule has 1 atom stereocenters. The predicted molar refractivity (Wildman–Crippen MR) is 94.4 cm³/mol. The standard InChI is InChI=1S/C19H23NO5/c1-14(19(21)22)25-18-5-3-4-15(12-18)13-20-10-11-24-17-8-6-16(23-2)7-9-17/h3-9,12,14,20H,10-11,13H2,1-2H3,(H,21,22). The molecular weight excluding hydrogens is 322 g/mol. The first kappa shape index (κ1) is 18.6. The number of carbonyl (C=O) groups is 1. The second kappa shape index (κ2) is 9.54. The number of ether oxygens (including phenoxy) is 3. The van der Waals surface area contributed by atoms with Crippen LogP contribution in [0.4, 0.5) is 0 Å². The number of rotatable bonds is 10. The molecule has 0 aliphatic heterocycles. The lowest BCUT2D eigenvalue weighted by molar-refractivity contribution is -0.144. The maximum absolute atomic E-state index is 10.8. The zero-order valence-corrected chi connectivity index (χ0v) is 14.4. The molecule has 2 N–H and O–H groups in total. The molecule has 2 rings (SSSR count). The summed E-state index contributed by atoms with van der Waals surface area (Å²) < 4.78 is 16.1. The van der Waals surface area contributed by atoms with Crippen molar-refractivity contribution in [1.29, 1.82) is 0 Å². The van der Waals surface area contributed by atoms with Gasteiger partial charge in [0, 0.05) is 13.1 Å². The van der Waals surface area contributed by atoms with E-state index in [2.05, 4.69) is 5.32 Å². The van der Waals surface area contributed by atoms with Gasteiger partial charge in [-0.05, 0) is 48.9 Å². The first-order valence-electron chi connectivity index (χ1n) is 8.04. The summed E-state index contributed by atoms with van der Waals surface area (Å²) in [4.78, 5) is 10.8. The van der Waals surface area contributed by atoms with Crippen LogP contribution >= 0.6 is 0 Å². The van der Waals surface area contributed by atoms with Gasteiger partial charge in [0.05, 0.1) is 7.11 Å². The summed E-state index contributed by atoms with van der Waals surface area (Å²) in [5.74, 6) is 1.15. The van der Waals surface area contributed by atoms with Crippen LogP contribution in [-0.2, 0) is 11.3 Å². The molecule has 0 aliphatic carbocycles. The molecule has 1 unspecified atom stereocenters. The topological polar surface area (TPSA) is 77.0 Å². The summed E-state index contributed by atoms with van der Waals surface area (Å²) in [5.41, 5.74) is 1.01. The largest absolute Gasteiger partial charge is 0.497 e. The van der Waals surface area contributed by atoms with E-state index in [1.807, 2.05) is 42.5 Å². The van der Waals surface area contributed by atoms with E-state index in [9.17, 15) is 4.79 Å². The molecule has 0 saturated heterocycles. The molecule has 25 heavy (non-hydrogen) atoms. The Morgan fingerprint density at radius 2 is 1.84 bits per heavy atom. The van der Waals surface area contributed by atoms with Crippen LogP contribution in [0, 0.1) is 0 Å². The zero-order chi connectivity index (χ0) is 18.1. The number of carboxylic acid groups (broad SMARTS) is 1. The van der Waals surface area contributed by atoms with Crippen molar-refractivity contribution in [2.45, 2.75) is 19.6 Å². The number of nitrogens with one attached hydrogen (secondary N) is 1. The van der Waals surface area contributed by atoms with E-state index in [0.29, 0.717) is 25.4 Å². The second-order valence-corrected chi connectivity index (χ2v) is 5.45. The van der Waals surface area contributed by atoms with Gasteiger partial charge in [-0.25, -0.2) is 4.79 Å². The number of aliphatic carboxylic acids is 1. The lowest BCUT2D eigenvalue weighted by Gasteiger charge is -2.12. The van der Waals surface area contributed by atoms with E-state index in [-0.39, 0.29) is 0 Å². The summed E-state index contributed by atoms with van der Waals surface area (Å²) in [6.45, 7) is 3.37. The molecule has 134 valence electrons. The van der Waals surface area contributed by atoms with Crippen LogP contribution in [0.15, 0.2) is 48.5 Å². The lowest BCUT2D eigenvalue weighted by atomic mass is 10.2. The molecule has 0 spiro atoms. The van der Waals surface area contributed by atoms with Gasteiger partial charge in [0.15, 0.2) is 6.10 Å². The highest BCUT2D eigenvalue weighted by molar-refractivity contribution is 5.72. The minimum absolute atomic E-state index is 0.540. The summed E-state index contributed by atoms with van der Waals surface area (Å²) in [7, 11) is 1.63. The van der Waals surface area contributed by atoms with E-state index in [1.165, 1.54) is 6.92 Å². The maximum atomic E-state index is 10.8. The van der Waals surface area contributed by atoms with Gasteiger partial charge in [-0.3, -0.25) is 0 Å². The first-order chi connectivity index (χ1) is 12.1. The van der Waals surface area contributed by atoms with Crippen LogP contribution in [0.25, 0.3) is 0 Å². The molecule has 0 amide bonds. The first-order valence-corrected chi connectivity index (χ1v) is 8.04. The van der Waals surface area contributed by atoms with Crippen LogP contribution in [0.3, 0.4) is 0 Å². The van der Waals surface area contributed by atoms with Gasteiger partial charge in [-0.1, -0.05) is 12.1 Å². The van der Waals surface area contributed by atoms with Gasteiger partial charge in [0.1, 0.15) is 23.9 Å². The molecule has 0 aromatic heterocycles. The highest BCUT2D eigenvalue weighted by Crippen LogP contribution is 2.17. The van der Waals surface area contributed by atoms with Crippen molar-refractivity contribution in [3.63, 3.8) is 0 Å². The summed E-state index contributed by atoms with van der Waals surface area (Å²) in [6.07, 6.45) is -0.874. The Bertz CT molecular complexity index is 672. The Hall–Kier alpha value is -2.73. The normalized spacial score (nSPS) is 11.6. The Morgan fingerprint density at radius 3 is 2.52 bits per heavy atom. The molecule has 6 heteroatoms. The minimum atomic E-state index is -0.987. The third kappa shape index (κ3) is 6.35. The van der Waals surface area contributed by atoms with Crippen molar-refractivity contribution < 1.29 is 24.1 Å². The van der Waals surface area contributed by atoms with E-state index in [0.717, 1.165) is 17.1 Å². The Balaban J connectivity index is 1.71. The average Bonchev–Trinajstić information content (AvgIpc) is 2.62. The van der Waals surface area contributed by atoms with Gasteiger partial charge < -0.3 is 24.6 Å². The van der Waals surface area contributed by atoms with Gasteiger partial charge >= 0.3 is 5.97 Å². The maximum Gasteiger partial charge on any atom is 0.344 e. The number of hydrogen-bond donors (Lipinski definition) is 2. The van der Waals surface area contributed by atoms with Crippen molar-refractivity contribution in [2.75, 3.05) is 20.3 Å². The van der Waals surface area contributed by atoms with Gasteiger partial charge in [0.25, 0.3) is 0 Å². The minimum Gasteiger partial charge on any atom is -0.497 e. The molecule has 0 saturated carbocycles. The van der Waals surface area contributed by atoms with Crippen LogP contribution in [0.2, 0.25) is 0 Å². The molecule has 0 fully saturated rings. The van der Waals surface area contributed by atoms with E-state index in [4.69, 9.17) is 19.3 Å². The van der Waals surface area contributed by atoms with Crippen LogP contribution in [-0.4, -0.2) is 37.4 Å². The summed E-state index contributed by atoms with van der Waals surface area (Å²) >= 11 is 0. The molecule has 0 aliphatic rings. The number of benzene rings is 2. The average molecular weight is 345 g/mol. The fourth-order valence-corrected chi connectivity index (χ4v) is 2.13. The second-order valence-electron chi connectivity index (χ2n) is 5.45. The van der Waals surface area contributed by atoms with Crippen molar-refractivity contribution >= 4 is 5.97 Å². The highest BCUT2D eigenvalue weighted by Gasteiger charge is 2.12. The molecule has 2 aromatic rings. The summed E-state index contributed by atoms with van der Waals surface area (Å²) in [6, 6.07) is 14.8. The molecule has 2 aromatic carbocycles. The van der Waals surface area contributed by atoms with Gasteiger partial charge in [0.2, 0.25) is 0 Å². The van der Waals surface area contributed by atoms with Crippen LogP contribution in [0.1, 0.15) is 12.5 Å². The molecule has 6 nitrogen and oxygen atoms in total. The van der Waals surface area contributed by atoms with E-state index in [1.54, 1.807) is 13.2 Å². The summed E-state index contributed by atoms with van der Waals surface area (Å²) in [5, 5.41) is 12.2. The van der Waals surface area contributed by atoms with Crippen molar-refractivity contribution in [2.24, 2.45) is 0 Å². The van der Waals surface area contributed by atoms with Crippen LogP contribution in [0.5, 0.6) is 17.2 Å². The fraction of sp³-hybridized carbons (Fsp3) is 0.316. The number of hydrogen-bond acceptors (Lipinski definition) is 5. The van der Waals surface area contributed by atoms with E-state index >= 15 is 0 Å². The SMILES string of the molecule is COc1ccc(OCCNCc2cccc(OC(C)C(=O)O)c2)cc1. The third-order valence-corrected chi connectivity index (χ3v) is 3.50. The fourth-order valence-electron chi connectivity index (χ4n) is 2.13.